The number of hydrogen-bond donors (Lipinski definition) is 0. The summed E-state index contributed by atoms with van der Waals surface area (Å²) in [6.07, 6.45) is 1.53. The molecule has 7 heteroatoms. The van der Waals surface area contributed by atoms with E-state index < -0.39 is 0 Å². The minimum absolute atomic E-state index is 0.0357. The lowest BCUT2D eigenvalue weighted by Crippen LogP contribution is -2.41. The van der Waals surface area contributed by atoms with E-state index in [-0.39, 0.29) is 12.0 Å². The van der Waals surface area contributed by atoms with Crippen molar-refractivity contribution in [3.05, 3.63) is 47.6 Å². The molecule has 3 heterocycles. The monoisotopic (exact) mass is 381 g/mol. The highest BCUT2D eigenvalue weighted by Crippen LogP contribution is 2.29. The van der Waals surface area contributed by atoms with E-state index in [9.17, 15) is 4.79 Å². The highest BCUT2D eigenvalue weighted by Gasteiger charge is 2.27. The molecule has 1 aromatic carbocycles. The van der Waals surface area contributed by atoms with Crippen molar-refractivity contribution in [1.29, 1.82) is 0 Å². The number of ether oxygens (including phenoxy) is 2. The summed E-state index contributed by atoms with van der Waals surface area (Å²) in [5.74, 6) is 2.15. The van der Waals surface area contributed by atoms with E-state index in [4.69, 9.17) is 13.9 Å². The molecule has 4 rings (SSSR count). The number of para-hydroxylation sites is 1. The molecular formula is C21H23N3O4. The summed E-state index contributed by atoms with van der Waals surface area (Å²) in [5.41, 5.74) is 1.48. The molecule has 2 aromatic heterocycles. The maximum absolute atomic E-state index is 12.9. The first-order chi connectivity index (χ1) is 13.5. The molecule has 1 aliphatic heterocycles. The number of carbonyl (C=O) groups excluding carboxylic acids is 1. The Hall–Kier alpha value is -3.09. The van der Waals surface area contributed by atoms with Gasteiger partial charge < -0.3 is 18.8 Å². The largest absolute Gasteiger partial charge is 0.493 e. The second-order valence-corrected chi connectivity index (χ2v) is 6.99. The van der Waals surface area contributed by atoms with Crippen molar-refractivity contribution in [2.75, 3.05) is 20.2 Å². The average Bonchev–Trinajstić information content (AvgIpc) is 3.11. The van der Waals surface area contributed by atoms with Crippen LogP contribution in [0.5, 0.6) is 11.6 Å². The second-order valence-electron chi connectivity index (χ2n) is 6.99. The molecule has 0 aliphatic carbocycles. The Balaban J connectivity index is 1.41. The summed E-state index contributed by atoms with van der Waals surface area (Å²) < 4.78 is 17.1. The average molecular weight is 381 g/mol. The SMILES string of the molecule is COc1cccc2cc(C(=O)N3CCC(Oc4cc(C)nc(C)n4)CC3)oc12. The third kappa shape index (κ3) is 3.65. The molecule has 1 fully saturated rings. The standard InChI is InChI=1S/C21H23N3O4/c1-13-11-19(23-14(2)22-13)27-16-7-9-24(10-8-16)21(25)18-12-15-5-4-6-17(26-3)20(15)28-18/h4-6,11-12,16H,7-10H2,1-3H3. The van der Waals surface area contributed by atoms with Gasteiger partial charge in [-0.2, -0.15) is 4.98 Å². The van der Waals surface area contributed by atoms with Gasteiger partial charge in [0.1, 0.15) is 11.9 Å². The molecular weight excluding hydrogens is 358 g/mol. The van der Waals surface area contributed by atoms with Crippen LogP contribution in [0.1, 0.15) is 34.9 Å². The Morgan fingerprint density at radius 1 is 1.18 bits per heavy atom. The van der Waals surface area contributed by atoms with Crippen molar-refractivity contribution in [2.45, 2.75) is 32.8 Å². The van der Waals surface area contributed by atoms with Gasteiger partial charge in [-0.15, -0.1) is 0 Å². The Labute approximate surface area is 163 Å². The van der Waals surface area contributed by atoms with Gasteiger partial charge in [0.05, 0.1) is 7.11 Å². The van der Waals surface area contributed by atoms with E-state index in [2.05, 4.69) is 9.97 Å². The van der Waals surface area contributed by atoms with Crippen molar-refractivity contribution < 1.29 is 18.7 Å². The third-order valence-electron chi connectivity index (χ3n) is 4.90. The molecule has 28 heavy (non-hydrogen) atoms. The lowest BCUT2D eigenvalue weighted by atomic mass is 10.1. The van der Waals surface area contributed by atoms with Gasteiger partial charge in [-0.3, -0.25) is 4.79 Å². The van der Waals surface area contributed by atoms with Crippen LogP contribution in [0.4, 0.5) is 0 Å². The number of nitrogens with zero attached hydrogens (tertiary/aromatic N) is 3. The number of aryl methyl sites for hydroxylation is 2. The van der Waals surface area contributed by atoms with Crippen LogP contribution in [-0.4, -0.2) is 47.1 Å². The second kappa shape index (κ2) is 7.50. The zero-order valence-electron chi connectivity index (χ0n) is 16.3. The molecule has 0 bridgehead atoms. The van der Waals surface area contributed by atoms with Gasteiger partial charge in [-0.1, -0.05) is 12.1 Å². The Morgan fingerprint density at radius 2 is 1.96 bits per heavy atom. The number of hydrogen-bond acceptors (Lipinski definition) is 6. The van der Waals surface area contributed by atoms with Crippen molar-refractivity contribution >= 4 is 16.9 Å². The lowest BCUT2D eigenvalue weighted by Gasteiger charge is -2.31. The van der Waals surface area contributed by atoms with Crippen LogP contribution >= 0.6 is 0 Å². The molecule has 0 radical (unpaired) electrons. The number of furan rings is 1. The number of benzene rings is 1. The molecule has 146 valence electrons. The van der Waals surface area contributed by atoms with Crippen LogP contribution in [0.3, 0.4) is 0 Å². The molecule has 0 saturated carbocycles. The fourth-order valence-corrected chi connectivity index (χ4v) is 3.55. The number of methoxy groups -OCH3 is 1. The van der Waals surface area contributed by atoms with Crippen LogP contribution in [0.25, 0.3) is 11.0 Å². The first kappa shape index (κ1) is 18.3. The molecule has 0 atom stereocenters. The number of aromatic nitrogens is 2. The lowest BCUT2D eigenvalue weighted by molar-refractivity contribution is 0.0561. The van der Waals surface area contributed by atoms with Crippen molar-refractivity contribution in [2.24, 2.45) is 0 Å². The number of piperidine rings is 1. The molecule has 1 amide bonds. The molecule has 0 N–H and O–H groups in total. The van der Waals surface area contributed by atoms with Crippen LogP contribution in [0.15, 0.2) is 34.7 Å². The Morgan fingerprint density at radius 3 is 2.68 bits per heavy atom. The van der Waals surface area contributed by atoms with E-state index in [1.54, 1.807) is 18.1 Å². The van der Waals surface area contributed by atoms with E-state index in [0.29, 0.717) is 41.9 Å². The first-order valence-electron chi connectivity index (χ1n) is 9.38. The number of fused-ring (bicyclic) bond motifs is 1. The summed E-state index contributed by atoms with van der Waals surface area (Å²) in [4.78, 5) is 23.3. The Bertz CT molecular complexity index is 986. The normalized spacial score (nSPS) is 15.0. The molecule has 0 unspecified atom stereocenters. The molecule has 1 saturated heterocycles. The van der Waals surface area contributed by atoms with Gasteiger partial charge in [0.15, 0.2) is 17.1 Å². The first-order valence-corrected chi connectivity index (χ1v) is 9.38. The quantitative estimate of drug-likeness (QED) is 0.688. The van der Waals surface area contributed by atoms with Crippen LogP contribution < -0.4 is 9.47 Å². The number of likely N-dealkylation sites (tertiary alicyclic amines) is 1. The summed E-state index contributed by atoms with van der Waals surface area (Å²) >= 11 is 0. The van der Waals surface area contributed by atoms with Gasteiger partial charge in [0.2, 0.25) is 5.88 Å². The van der Waals surface area contributed by atoms with E-state index in [1.807, 2.05) is 38.1 Å². The van der Waals surface area contributed by atoms with Gasteiger partial charge in [0.25, 0.3) is 5.91 Å². The van der Waals surface area contributed by atoms with Crippen molar-refractivity contribution in [3.8, 4) is 11.6 Å². The van der Waals surface area contributed by atoms with Crippen molar-refractivity contribution in [1.82, 2.24) is 14.9 Å². The highest BCUT2D eigenvalue weighted by molar-refractivity contribution is 5.97. The van der Waals surface area contributed by atoms with Gasteiger partial charge in [0, 0.05) is 43.1 Å². The zero-order chi connectivity index (χ0) is 19.7. The summed E-state index contributed by atoms with van der Waals surface area (Å²) in [6.45, 7) is 5.00. The number of carbonyl (C=O) groups is 1. The predicted octanol–water partition coefficient (Wildman–Crippen LogP) is 3.53. The molecule has 1 aliphatic rings. The zero-order valence-corrected chi connectivity index (χ0v) is 16.3. The maximum Gasteiger partial charge on any atom is 0.289 e. The van der Waals surface area contributed by atoms with E-state index in [0.717, 1.165) is 23.9 Å². The molecule has 0 spiro atoms. The fraction of sp³-hybridized carbons (Fsp3) is 0.381. The smallest absolute Gasteiger partial charge is 0.289 e. The topological polar surface area (TPSA) is 77.7 Å². The fourth-order valence-electron chi connectivity index (χ4n) is 3.55. The van der Waals surface area contributed by atoms with Gasteiger partial charge in [-0.25, -0.2) is 4.98 Å². The highest BCUT2D eigenvalue weighted by atomic mass is 16.5. The molecule has 3 aromatic rings. The number of rotatable bonds is 4. The summed E-state index contributed by atoms with van der Waals surface area (Å²) in [5, 5.41) is 0.857. The van der Waals surface area contributed by atoms with Gasteiger partial charge in [-0.05, 0) is 26.0 Å². The molecule has 7 nitrogen and oxygen atoms in total. The van der Waals surface area contributed by atoms with Crippen LogP contribution in [0, 0.1) is 13.8 Å². The minimum atomic E-state index is -0.106. The van der Waals surface area contributed by atoms with Crippen molar-refractivity contribution in [3.63, 3.8) is 0 Å². The Kier molecular flexibility index (Phi) is 4.90. The summed E-state index contributed by atoms with van der Waals surface area (Å²) in [6, 6.07) is 9.22. The van der Waals surface area contributed by atoms with E-state index >= 15 is 0 Å². The van der Waals surface area contributed by atoms with Gasteiger partial charge >= 0.3 is 0 Å². The minimum Gasteiger partial charge on any atom is -0.493 e. The number of amides is 1. The van der Waals surface area contributed by atoms with Crippen LogP contribution in [0.2, 0.25) is 0 Å². The summed E-state index contributed by atoms with van der Waals surface area (Å²) in [7, 11) is 1.59. The third-order valence-corrected chi connectivity index (χ3v) is 4.90. The van der Waals surface area contributed by atoms with E-state index in [1.165, 1.54) is 0 Å². The maximum atomic E-state index is 12.9. The van der Waals surface area contributed by atoms with Crippen LogP contribution in [-0.2, 0) is 0 Å². The predicted molar refractivity (Wildman–Crippen MR) is 104 cm³/mol.